The molecule has 2 aromatic rings. The van der Waals surface area contributed by atoms with Crippen LogP contribution in [0.3, 0.4) is 0 Å². The van der Waals surface area contributed by atoms with Gasteiger partial charge in [0.1, 0.15) is 11.9 Å². The fraction of sp³-hybridized carbons (Fsp3) is 0.263. The third-order valence-corrected chi connectivity index (χ3v) is 3.09. The third kappa shape index (κ3) is 5.58. The fourth-order valence-electron chi connectivity index (χ4n) is 2.14. The summed E-state index contributed by atoms with van der Waals surface area (Å²) in [6.45, 7) is 5.47. The van der Waals surface area contributed by atoms with Crippen LogP contribution >= 0.6 is 0 Å². The lowest BCUT2D eigenvalue weighted by Crippen LogP contribution is -2.27. The maximum atomic E-state index is 11.7. The number of benzene rings is 2. The van der Waals surface area contributed by atoms with Gasteiger partial charge in [-0.25, -0.2) is 4.79 Å². The lowest BCUT2D eigenvalue weighted by atomic mass is 10.0. The Morgan fingerprint density at radius 3 is 2.39 bits per heavy atom. The smallest absolute Gasteiger partial charge is 0.412 e. The molecule has 1 amide bonds. The Bertz CT molecular complexity index is 685. The molecule has 2 rings (SSSR count). The molecular weight excluding hydrogens is 290 g/mol. The summed E-state index contributed by atoms with van der Waals surface area (Å²) < 4.78 is 5.21. The molecule has 23 heavy (non-hydrogen) atoms. The molecule has 0 saturated heterocycles. The van der Waals surface area contributed by atoms with Crippen molar-refractivity contribution < 1.29 is 14.3 Å². The molecule has 2 aromatic carbocycles. The van der Waals surface area contributed by atoms with E-state index in [1.54, 1.807) is 6.07 Å². The maximum absolute atomic E-state index is 11.7. The number of anilines is 1. The van der Waals surface area contributed by atoms with Gasteiger partial charge in [-0.3, -0.25) is 10.1 Å². The summed E-state index contributed by atoms with van der Waals surface area (Å²) in [4.78, 5) is 22.5. The van der Waals surface area contributed by atoms with E-state index < -0.39 is 11.7 Å². The third-order valence-electron chi connectivity index (χ3n) is 3.09. The number of hydrogen-bond donors (Lipinski definition) is 1. The van der Waals surface area contributed by atoms with E-state index >= 15 is 0 Å². The lowest BCUT2D eigenvalue weighted by Gasteiger charge is -2.19. The van der Waals surface area contributed by atoms with Gasteiger partial charge in [0.15, 0.2) is 0 Å². The van der Waals surface area contributed by atoms with Gasteiger partial charge in [-0.1, -0.05) is 30.3 Å². The van der Waals surface area contributed by atoms with E-state index in [0.29, 0.717) is 11.3 Å². The van der Waals surface area contributed by atoms with Crippen molar-refractivity contribution in [3.63, 3.8) is 0 Å². The van der Waals surface area contributed by atoms with Crippen LogP contribution in [0, 0.1) is 0 Å². The van der Waals surface area contributed by atoms with Gasteiger partial charge < -0.3 is 4.74 Å². The first-order valence-electron chi connectivity index (χ1n) is 7.49. The lowest BCUT2D eigenvalue weighted by molar-refractivity contribution is 0.0636. The molecule has 0 bridgehead atoms. The summed E-state index contributed by atoms with van der Waals surface area (Å²) in [5, 5.41) is 2.70. The minimum absolute atomic E-state index is 0.469. The zero-order valence-corrected chi connectivity index (χ0v) is 13.6. The van der Waals surface area contributed by atoms with Gasteiger partial charge in [-0.2, -0.15) is 0 Å². The molecule has 0 saturated carbocycles. The van der Waals surface area contributed by atoms with Gasteiger partial charge in [-0.15, -0.1) is 0 Å². The Labute approximate surface area is 136 Å². The van der Waals surface area contributed by atoms with Crippen molar-refractivity contribution in [2.45, 2.75) is 32.8 Å². The summed E-state index contributed by atoms with van der Waals surface area (Å²) in [5.74, 6) is 0. The fourth-order valence-corrected chi connectivity index (χ4v) is 2.14. The normalized spacial score (nSPS) is 10.9. The van der Waals surface area contributed by atoms with Crippen LogP contribution in [0.2, 0.25) is 0 Å². The number of rotatable bonds is 4. The topological polar surface area (TPSA) is 55.4 Å². The van der Waals surface area contributed by atoms with Crippen molar-refractivity contribution in [2.24, 2.45) is 0 Å². The summed E-state index contributed by atoms with van der Waals surface area (Å²) in [6.07, 6.45) is 1.11. The molecule has 0 heterocycles. The van der Waals surface area contributed by atoms with E-state index in [-0.39, 0.29) is 0 Å². The van der Waals surface area contributed by atoms with E-state index in [2.05, 4.69) is 5.32 Å². The van der Waals surface area contributed by atoms with Crippen molar-refractivity contribution in [1.29, 1.82) is 0 Å². The predicted molar refractivity (Wildman–Crippen MR) is 90.9 cm³/mol. The second kappa shape index (κ2) is 7.09. The molecule has 1 N–H and O–H groups in total. The number of aldehydes is 1. The van der Waals surface area contributed by atoms with Gasteiger partial charge in [0.05, 0.1) is 0 Å². The average molecular weight is 311 g/mol. The van der Waals surface area contributed by atoms with Gasteiger partial charge in [0, 0.05) is 11.3 Å². The van der Waals surface area contributed by atoms with Gasteiger partial charge in [0.25, 0.3) is 0 Å². The quantitative estimate of drug-likeness (QED) is 0.849. The van der Waals surface area contributed by atoms with Gasteiger partial charge in [-0.05, 0) is 56.5 Å². The predicted octanol–water partition coefficient (Wildman–Crippen LogP) is 4.44. The Balaban J connectivity index is 1.99. The Morgan fingerprint density at radius 1 is 1.09 bits per heavy atom. The molecule has 0 fully saturated rings. The number of ether oxygens (including phenoxy) is 1. The number of hydrogen-bond acceptors (Lipinski definition) is 3. The Hall–Kier alpha value is -2.62. The van der Waals surface area contributed by atoms with E-state index in [0.717, 1.165) is 23.8 Å². The summed E-state index contributed by atoms with van der Waals surface area (Å²) in [6, 6.07) is 15.1. The molecule has 0 atom stereocenters. The largest absolute Gasteiger partial charge is 0.444 e. The van der Waals surface area contributed by atoms with Crippen LogP contribution < -0.4 is 5.32 Å². The van der Waals surface area contributed by atoms with Crippen LogP contribution in [0.4, 0.5) is 10.5 Å². The van der Waals surface area contributed by atoms with Crippen molar-refractivity contribution in [1.82, 2.24) is 0 Å². The highest BCUT2D eigenvalue weighted by Crippen LogP contribution is 2.16. The molecule has 120 valence electrons. The van der Waals surface area contributed by atoms with E-state index in [9.17, 15) is 9.59 Å². The second-order valence-electron chi connectivity index (χ2n) is 6.36. The van der Waals surface area contributed by atoms with Crippen molar-refractivity contribution in [3.05, 3.63) is 65.2 Å². The highest BCUT2D eigenvalue weighted by molar-refractivity contribution is 5.84. The van der Waals surface area contributed by atoms with Crippen LogP contribution in [0.25, 0.3) is 0 Å². The Morgan fingerprint density at radius 2 is 1.78 bits per heavy atom. The maximum Gasteiger partial charge on any atom is 0.412 e. The number of nitrogens with one attached hydrogen (secondary N) is 1. The highest BCUT2D eigenvalue weighted by atomic mass is 16.6. The van der Waals surface area contributed by atoms with E-state index in [4.69, 9.17) is 4.74 Å². The highest BCUT2D eigenvalue weighted by Gasteiger charge is 2.16. The molecule has 0 aliphatic carbocycles. The number of carbonyl (C=O) groups excluding carboxylic acids is 2. The van der Waals surface area contributed by atoms with E-state index in [1.807, 2.05) is 63.2 Å². The minimum Gasteiger partial charge on any atom is -0.444 e. The molecule has 0 aliphatic heterocycles. The van der Waals surface area contributed by atoms with Crippen molar-refractivity contribution >= 4 is 18.1 Å². The first-order valence-corrected chi connectivity index (χ1v) is 7.49. The Kier molecular flexibility index (Phi) is 5.16. The van der Waals surface area contributed by atoms with Gasteiger partial charge >= 0.3 is 6.09 Å². The molecular formula is C19H21NO3. The van der Waals surface area contributed by atoms with Crippen LogP contribution in [0.1, 0.15) is 42.3 Å². The number of amides is 1. The zero-order chi connectivity index (χ0) is 16.9. The standard InChI is InChI=1S/C19H21NO3/c1-19(2,3)23-18(22)20-17-9-7-14(8-10-17)11-15-5-4-6-16(12-15)13-21/h4-10,12-13H,11H2,1-3H3,(H,20,22). The summed E-state index contributed by atoms with van der Waals surface area (Å²) in [5.41, 5.74) is 3.01. The van der Waals surface area contributed by atoms with Crippen molar-refractivity contribution in [2.75, 3.05) is 5.32 Å². The molecule has 0 radical (unpaired) electrons. The van der Waals surface area contributed by atoms with Gasteiger partial charge in [0.2, 0.25) is 0 Å². The second-order valence-corrected chi connectivity index (χ2v) is 6.36. The minimum atomic E-state index is -0.520. The molecule has 4 heteroatoms. The first kappa shape index (κ1) is 16.7. The zero-order valence-electron chi connectivity index (χ0n) is 13.6. The molecule has 0 aliphatic rings. The molecule has 4 nitrogen and oxygen atoms in total. The SMILES string of the molecule is CC(C)(C)OC(=O)Nc1ccc(Cc2cccc(C=O)c2)cc1. The number of carbonyl (C=O) groups is 2. The molecule has 0 aromatic heterocycles. The van der Waals surface area contributed by atoms with E-state index in [1.165, 1.54) is 0 Å². The van der Waals surface area contributed by atoms with Crippen molar-refractivity contribution in [3.8, 4) is 0 Å². The van der Waals surface area contributed by atoms with Crippen LogP contribution in [0.15, 0.2) is 48.5 Å². The molecule has 0 spiro atoms. The average Bonchev–Trinajstić information content (AvgIpc) is 2.47. The molecule has 0 unspecified atom stereocenters. The monoisotopic (exact) mass is 311 g/mol. The van der Waals surface area contributed by atoms with Crippen LogP contribution in [-0.2, 0) is 11.2 Å². The summed E-state index contributed by atoms with van der Waals surface area (Å²) in [7, 11) is 0. The van der Waals surface area contributed by atoms with Crippen LogP contribution in [0.5, 0.6) is 0 Å². The van der Waals surface area contributed by atoms with Crippen LogP contribution in [-0.4, -0.2) is 18.0 Å². The summed E-state index contributed by atoms with van der Waals surface area (Å²) >= 11 is 0. The first-order chi connectivity index (χ1) is 10.9.